The van der Waals surface area contributed by atoms with Crippen LogP contribution < -0.4 is 10.6 Å². The van der Waals surface area contributed by atoms with Crippen LogP contribution in [0.15, 0.2) is 24.3 Å². The van der Waals surface area contributed by atoms with E-state index in [2.05, 4.69) is 36.6 Å². The summed E-state index contributed by atoms with van der Waals surface area (Å²) in [6.07, 6.45) is 1.74. The molecule has 0 spiro atoms. The Morgan fingerprint density at radius 3 is 2.31 bits per heavy atom. The Morgan fingerprint density at radius 1 is 1.17 bits per heavy atom. The zero-order valence-electron chi connectivity index (χ0n) is 18.6. The highest BCUT2D eigenvalue weighted by Gasteiger charge is 2.40. The van der Waals surface area contributed by atoms with Gasteiger partial charge in [0, 0.05) is 24.2 Å². The summed E-state index contributed by atoms with van der Waals surface area (Å²) < 4.78 is 0. The van der Waals surface area contributed by atoms with Gasteiger partial charge in [-0.2, -0.15) is 0 Å². The Hall–Kier alpha value is -1.75. The van der Waals surface area contributed by atoms with Crippen LogP contribution in [0.4, 0.5) is 4.79 Å². The summed E-state index contributed by atoms with van der Waals surface area (Å²) in [5, 5.41) is 6.53. The molecule has 1 aromatic rings. The van der Waals surface area contributed by atoms with Crippen LogP contribution in [0, 0.1) is 11.3 Å². The number of urea groups is 1. The molecule has 29 heavy (non-hydrogen) atoms. The van der Waals surface area contributed by atoms with E-state index < -0.39 is 6.04 Å². The molecule has 3 atom stereocenters. The van der Waals surface area contributed by atoms with Crippen molar-refractivity contribution in [2.75, 3.05) is 13.1 Å². The monoisotopic (exact) mass is 421 g/mol. The van der Waals surface area contributed by atoms with E-state index in [9.17, 15) is 9.59 Å². The number of halogens is 1. The van der Waals surface area contributed by atoms with E-state index in [1.807, 2.05) is 44.7 Å². The summed E-state index contributed by atoms with van der Waals surface area (Å²) in [7, 11) is 0. The van der Waals surface area contributed by atoms with Gasteiger partial charge in [-0.1, -0.05) is 58.4 Å². The normalized spacial score (nSPS) is 20.8. The zero-order valence-corrected chi connectivity index (χ0v) is 19.3. The zero-order chi connectivity index (χ0) is 21.8. The van der Waals surface area contributed by atoms with E-state index in [1.165, 1.54) is 5.56 Å². The van der Waals surface area contributed by atoms with Gasteiger partial charge < -0.3 is 15.5 Å². The molecular weight excluding hydrogens is 386 g/mol. The lowest BCUT2D eigenvalue weighted by Gasteiger charge is -2.45. The minimum Gasteiger partial charge on any atom is -0.340 e. The molecule has 0 radical (unpaired) electrons. The number of benzene rings is 1. The summed E-state index contributed by atoms with van der Waals surface area (Å²) in [6, 6.07) is 7.31. The number of carbonyl (C=O) groups is 2. The largest absolute Gasteiger partial charge is 0.340 e. The van der Waals surface area contributed by atoms with Gasteiger partial charge in [-0.05, 0) is 54.7 Å². The molecule has 162 valence electrons. The topological polar surface area (TPSA) is 61.4 Å². The number of nitrogens with one attached hydrogen (secondary N) is 2. The van der Waals surface area contributed by atoms with Gasteiger partial charge in [-0.15, -0.1) is 0 Å². The van der Waals surface area contributed by atoms with E-state index in [1.54, 1.807) is 0 Å². The molecule has 2 rings (SSSR count). The maximum Gasteiger partial charge on any atom is 0.315 e. The Labute approximate surface area is 180 Å². The highest BCUT2D eigenvalue weighted by molar-refractivity contribution is 6.30. The highest BCUT2D eigenvalue weighted by atomic mass is 35.5. The van der Waals surface area contributed by atoms with E-state index in [4.69, 9.17) is 11.6 Å². The van der Waals surface area contributed by atoms with Crippen molar-refractivity contribution in [1.29, 1.82) is 0 Å². The Balaban J connectivity index is 2.08. The highest BCUT2D eigenvalue weighted by Crippen LogP contribution is 2.42. The molecule has 3 amide bonds. The van der Waals surface area contributed by atoms with Crippen molar-refractivity contribution in [2.24, 2.45) is 11.3 Å². The van der Waals surface area contributed by atoms with Gasteiger partial charge in [0.25, 0.3) is 0 Å². The van der Waals surface area contributed by atoms with Crippen LogP contribution >= 0.6 is 11.6 Å². The van der Waals surface area contributed by atoms with Crippen molar-refractivity contribution in [3.8, 4) is 0 Å². The van der Waals surface area contributed by atoms with Crippen LogP contribution in [-0.4, -0.2) is 42.0 Å². The summed E-state index contributed by atoms with van der Waals surface area (Å²) in [5.41, 5.74) is 1.19. The van der Waals surface area contributed by atoms with Crippen molar-refractivity contribution in [1.82, 2.24) is 15.5 Å². The SMILES string of the molecule is CCC(C)NC(=O)N[C@@H](C(=O)N1CCC(c2ccc(Cl)cc2)C(C)(C)C1)C(C)C. The van der Waals surface area contributed by atoms with Crippen LogP contribution in [0.25, 0.3) is 0 Å². The van der Waals surface area contributed by atoms with Gasteiger partial charge >= 0.3 is 6.03 Å². The standard InChI is InChI=1S/C23H36ClN3O2/c1-7-16(4)25-22(29)26-20(15(2)3)21(28)27-13-12-19(23(5,6)14-27)17-8-10-18(24)11-9-17/h8-11,15-16,19-20H,7,12-14H2,1-6H3,(H2,25,26,29)/t16?,19?,20-/m1/s1. The molecule has 0 aromatic heterocycles. The van der Waals surface area contributed by atoms with Crippen molar-refractivity contribution < 1.29 is 9.59 Å². The maximum absolute atomic E-state index is 13.3. The Bertz CT molecular complexity index is 703. The number of hydrogen-bond donors (Lipinski definition) is 2. The second-order valence-electron chi connectivity index (χ2n) is 9.29. The Kier molecular flexibility index (Phi) is 7.98. The Morgan fingerprint density at radius 2 is 1.79 bits per heavy atom. The van der Waals surface area contributed by atoms with Crippen molar-refractivity contribution in [3.63, 3.8) is 0 Å². The molecule has 1 aliphatic rings. The van der Waals surface area contributed by atoms with Crippen molar-refractivity contribution >= 4 is 23.5 Å². The van der Waals surface area contributed by atoms with Crippen molar-refractivity contribution in [3.05, 3.63) is 34.9 Å². The fourth-order valence-electron chi connectivity index (χ4n) is 4.08. The second-order valence-corrected chi connectivity index (χ2v) is 9.73. The maximum atomic E-state index is 13.3. The van der Waals surface area contributed by atoms with Gasteiger partial charge in [-0.3, -0.25) is 4.79 Å². The average Bonchev–Trinajstić information content (AvgIpc) is 2.65. The number of carbonyl (C=O) groups excluding carboxylic acids is 2. The first-order valence-corrected chi connectivity index (χ1v) is 11.0. The average molecular weight is 422 g/mol. The molecule has 2 N–H and O–H groups in total. The number of amides is 3. The van der Waals surface area contributed by atoms with Crippen LogP contribution in [0.2, 0.25) is 5.02 Å². The summed E-state index contributed by atoms with van der Waals surface area (Å²) in [4.78, 5) is 27.5. The van der Waals surface area contributed by atoms with Crippen LogP contribution in [-0.2, 0) is 4.79 Å². The first-order valence-electron chi connectivity index (χ1n) is 10.7. The van der Waals surface area contributed by atoms with Gasteiger partial charge in [0.05, 0.1) is 0 Å². The van der Waals surface area contributed by atoms with Crippen LogP contribution in [0.3, 0.4) is 0 Å². The number of rotatable bonds is 6. The van der Waals surface area contributed by atoms with E-state index >= 15 is 0 Å². The van der Waals surface area contributed by atoms with E-state index in [-0.39, 0.29) is 29.3 Å². The lowest BCUT2D eigenvalue weighted by atomic mass is 9.70. The number of piperidine rings is 1. The lowest BCUT2D eigenvalue weighted by molar-refractivity contribution is -0.137. The van der Waals surface area contributed by atoms with E-state index in [0.29, 0.717) is 19.0 Å². The first kappa shape index (κ1) is 23.5. The third-order valence-electron chi connectivity index (χ3n) is 6.02. The molecule has 2 unspecified atom stereocenters. The minimum absolute atomic E-state index is 0.00179. The van der Waals surface area contributed by atoms with E-state index in [0.717, 1.165) is 17.9 Å². The fourth-order valence-corrected chi connectivity index (χ4v) is 4.20. The van der Waals surface area contributed by atoms with Gasteiger partial charge in [0.2, 0.25) is 5.91 Å². The predicted octanol–water partition coefficient (Wildman–Crippen LogP) is 4.80. The molecule has 0 saturated carbocycles. The molecule has 1 heterocycles. The van der Waals surface area contributed by atoms with Crippen LogP contribution in [0.5, 0.6) is 0 Å². The molecule has 6 heteroatoms. The van der Waals surface area contributed by atoms with Crippen LogP contribution in [0.1, 0.15) is 65.9 Å². The summed E-state index contributed by atoms with van der Waals surface area (Å²) in [5.74, 6) is 0.382. The molecule has 1 fully saturated rings. The number of nitrogens with zero attached hydrogens (tertiary/aromatic N) is 1. The van der Waals surface area contributed by atoms with Gasteiger partial charge in [0.1, 0.15) is 6.04 Å². The van der Waals surface area contributed by atoms with Gasteiger partial charge in [0.15, 0.2) is 0 Å². The molecule has 0 bridgehead atoms. The minimum atomic E-state index is -0.526. The molecule has 1 aliphatic heterocycles. The molecule has 0 aliphatic carbocycles. The molecule has 1 saturated heterocycles. The fraction of sp³-hybridized carbons (Fsp3) is 0.652. The smallest absolute Gasteiger partial charge is 0.315 e. The quantitative estimate of drug-likeness (QED) is 0.692. The number of hydrogen-bond acceptors (Lipinski definition) is 2. The third-order valence-corrected chi connectivity index (χ3v) is 6.27. The third kappa shape index (κ3) is 6.11. The summed E-state index contributed by atoms with van der Waals surface area (Å²) in [6.45, 7) is 13.7. The number of likely N-dealkylation sites (tertiary alicyclic amines) is 1. The summed E-state index contributed by atoms with van der Waals surface area (Å²) >= 11 is 6.04. The van der Waals surface area contributed by atoms with Gasteiger partial charge in [-0.25, -0.2) is 4.79 Å². The molecule has 5 nitrogen and oxygen atoms in total. The molecule has 1 aromatic carbocycles. The molecular formula is C23H36ClN3O2. The lowest BCUT2D eigenvalue weighted by Crippen LogP contribution is -2.57. The first-order chi connectivity index (χ1) is 13.5. The second kappa shape index (κ2) is 9.84. The predicted molar refractivity (Wildman–Crippen MR) is 119 cm³/mol. The van der Waals surface area contributed by atoms with Crippen molar-refractivity contribution in [2.45, 2.75) is 72.4 Å².